The van der Waals surface area contributed by atoms with E-state index in [1.165, 1.54) is 0 Å². The molecule has 13 heavy (non-hydrogen) atoms. The maximum Gasteiger partial charge on any atom is 0.312 e. The molecule has 6 nitrogen and oxygen atoms in total. The normalized spacial score (nSPS) is 11.8. The van der Waals surface area contributed by atoms with E-state index in [0.717, 1.165) is 0 Å². The van der Waals surface area contributed by atoms with Crippen LogP contribution in [0.2, 0.25) is 0 Å². The van der Waals surface area contributed by atoms with Crippen molar-refractivity contribution in [3.8, 4) is 0 Å². The van der Waals surface area contributed by atoms with Crippen molar-refractivity contribution in [3.63, 3.8) is 0 Å². The molecule has 1 atom stereocenters. The molecule has 0 aliphatic heterocycles. The lowest BCUT2D eigenvalue weighted by atomic mass is 10.2. The third kappa shape index (κ3) is 6.79. The summed E-state index contributed by atoms with van der Waals surface area (Å²) in [5, 5.41) is 10.5. The zero-order chi connectivity index (χ0) is 10.4. The van der Waals surface area contributed by atoms with E-state index in [9.17, 15) is 14.4 Å². The van der Waals surface area contributed by atoms with Gasteiger partial charge in [0.2, 0.25) is 11.8 Å². The number of carbonyl (C=O) groups is 3. The number of carboxylic acid groups (broad SMARTS) is 1. The standard InChI is InChI=1S/C7H12N2O4/c1-4(2-5(8)10)9-6(11)3-7(12)13/h4H,2-3H2,1H3,(H2,8,10)(H,9,11)(H,12,13). The summed E-state index contributed by atoms with van der Waals surface area (Å²) in [6.07, 6.45) is -0.589. The molecule has 0 saturated carbocycles. The summed E-state index contributed by atoms with van der Waals surface area (Å²) in [5.74, 6) is -2.37. The average Bonchev–Trinajstić information content (AvgIpc) is 1.80. The summed E-state index contributed by atoms with van der Waals surface area (Å²) in [6.45, 7) is 1.57. The third-order valence-corrected chi connectivity index (χ3v) is 1.23. The Hall–Kier alpha value is -1.59. The van der Waals surface area contributed by atoms with Crippen LogP contribution in [0.15, 0.2) is 0 Å². The van der Waals surface area contributed by atoms with Gasteiger partial charge in [-0.05, 0) is 6.92 Å². The van der Waals surface area contributed by atoms with Crippen LogP contribution < -0.4 is 11.1 Å². The molecular formula is C7H12N2O4. The molecule has 0 bridgehead atoms. The zero-order valence-corrected chi connectivity index (χ0v) is 7.24. The fourth-order valence-corrected chi connectivity index (χ4v) is 0.816. The molecule has 6 heteroatoms. The van der Waals surface area contributed by atoms with E-state index in [-0.39, 0.29) is 6.42 Å². The first-order chi connectivity index (χ1) is 5.91. The van der Waals surface area contributed by atoms with Gasteiger partial charge in [0.25, 0.3) is 0 Å². The molecule has 0 aromatic heterocycles. The number of carboxylic acids is 1. The zero-order valence-electron chi connectivity index (χ0n) is 7.24. The van der Waals surface area contributed by atoms with Gasteiger partial charge in [0.15, 0.2) is 0 Å². The molecule has 1 unspecified atom stereocenters. The van der Waals surface area contributed by atoms with Crippen LogP contribution in [-0.2, 0) is 14.4 Å². The molecule has 4 N–H and O–H groups in total. The topological polar surface area (TPSA) is 109 Å². The van der Waals surface area contributed by atoms with E-state index < -0.39 is 30.2 Å². The van der Waals surface area contributed by atoms with Crippen molar-refractivity contribution < 1.29 is 19.5 Å². The first-order valence-corrected chi connectivity index (χ1v) is 3.71. The summed E-state index contributed by atoms with van der Waals surface area (Å²) in [5.41, 5.74) is 4.86. The van der Waals surface area contributed by atoms with Crippen LogP contribution in [0.4, 0.5) is 0 Å². The number of primary amides is 1. The third-order valence-electron chi connectivity index (χ3n) is 1.23. The molecule has 0 aromatic rings. The second kappa shape index (κ2) is 5.13. The van der Waals surface area contributed by atoms with Crippen LogP contribution in [-0.4, -0.2) is 28.9 Å². The van der Waals surface area contributed by atoms with Gasteiger partial charge in [0.05, 0.1) is 0 Å². The first-order valence-electron chi connectivity index (χ1n) is 3.71. The minimum Gasteiger partial charge on any atom is -0.481 e. The predicted molar refractivity (Wildman–Crippen MR) is 43.7 cm³/mol. The Kier molecular flexibility index (Phi) is 4.50. The Morgan fingerprint density at radius 2 is 2.00 bits per heavy atom. The summed E-state index contributed by atoms with van der Waals surface area (Å²) < 4.78 is 0. The van der Waals surface area contributed by atoms with Crippen LogP contribution >= 0.6 is 0 Å². The van der Waals surface area contributed by atoms with Crippen LogP contribution in [0.5, 0.6) is 0 Å². The Labute approximate surface area is 75.1 Å². The van der Waals surface area contributed by atoms with Crippen LogP contribution in [0.1, 0.15) is 19.8 Å². The van der Waals surface area contributed by atoms with E-state index in [4.69, 9.17) is 10.8 Å². The SMILES string of the molecule is CC(CC(N)=O)NC(=O)CC(=O)O. The largest absolute Gasteiger partial charge is 0.481 e. The number of nitrogens with one attached hydrogen (secondary N) is 1. The van der Waals surface area contributed by atoms with E-state index in [2.05, 4.69) is 5.32 Å². The van der Waals surface area contributed by atoms with Crippen molar-refractivity contribution in [2.45, 2.75) is 25.8 Å². The van der Waals surface area contributed by atoms with Crippen LogP contribution in [0.3, 0.4) is 0 Å². The van der Waals surface area contributed by atoms with Crippen molar-refractivity contribution in [1.82, 2.24) is 5.32 Å². The minimum absolute atomic E-state index is 0.00532. The van der Waals surface area contributed by atoms with Crippen molar-refractivity contribution in [2.24, 2.45) is 5.73 Å². The Morgan fingerprint density at radius 1 is 1.46 bits per heavy atom. The second-order valence-corrected chi connectivity index (χ2v) is 2.71. The first kappa shape index (κ1) is 11.4. The lowest BCUT2D eigenvalue weighted by Gasteiger charge is -2.10. The number of aliphatic carboxylic acids is 1. The molecule has 0 rings (SSSR count). The summed E-state index contributed by atoms with van der Waals surface area (Å²) >= 11 is 0. The van der Waals surface area contributed by atoms with Crippen molar-refractivity contribution >= 4 is 17.8 Å². The molecule has 2 amide bonds. The molecule has 0 fully saturated rings. The smallest absolute Gasteiger partial charge is 0.312 e. The summed E-state index contributed by atoms with van der Waals surface area (Å²) in [7, 11) is 0. The number of amides is 2. The van der Waals surface area contributed by atoms with Crippen LogP contribution in [0, 0.1) is 0 Å². The Morgan fingerprint density at radius 3 is 2.38 bits per heavy atom. The van der Waals surface area contributed by atoms with E-state index >= 15 is 0 Å². The fourth-order valence-electron chi connectivity index (χ4n) is 0.816. The van der Waals surface area contributed by atoms with Gasteiger partial charge in [0, 0.05) is 12.5 Å². The van der Waals surface area contributed by atoms with Crippen molar-refractivity contribution in [1.29, 1.82) is 0 Å². The van der Waals surface area contributed by atoms with Gasteiger partial charge in [-0.1, -0.05) is 0 Å². The highest BCUT2D eigenvalue weighted by atomic mass is 16.4. The van der Waals surface area contributed by atoms with Crippen LogP contribution in [0.25, 0.3) is 0 Å². The fraction of sp³-hybridized carbons (Fsp3) is 0.571. The second-order valence-electron chi connectivity index (χ2n) is 2.71. The molecular weight excluding hydrogens is 176 g/mol. The van der Waals surface area contributed by atoms with Gasteiger partial charge in [0.1, 0.15) is 6.42 Å². The molecule has 0 heterocycles. The highest BCUT2D eigenvalue weighted by Gasteiger charge is 2.12. The number of hydrogen-bond donors (Lipinski definition) is 3. The van der Waals surface area contributed by atoms with Crippen molar-refractivity contribution in [2.75, 3.05) is 0 Å². The maximum atomic E-state index is 10.8. The Bertz CT molecular complexity index is 227. The lowest BCUT2D eigenvalue weighted by molar-refractivity contribution is -0.140. The highest BCUT2D eigenvalue weighted by Crippen LogP contribution is 1.90. The molecule has 0 aliphatic carbocycles. The number of nitrogens with two attached hydrogens (primary N) is 1. The van der Waals surface area contributed by atoms with E-state index in [1.807, 2.05) is 0 Å². The monoisotopic (exact) mass is 188 g/mol. The molecule has 0 aliphatic rings. The van der Waals surface area contributed by atoms with Gasteiger partial charge in [-0.2, -0.15) is 0 Å². The van der Waals surface area contributed by atoms with Gasteiger partial charge in [-0.15, -0.1) is 0 Å². The van der Waals surface area contributed by atoms with E-state index in [1.54, 1.807) is 6.92 Å². The quantitative estimate of drug-likeness (QED) is 0.473. The van der Waals surface area contributed by atoms with Gasteiger partial charge >= 0.3 is 5.97 Å². The highest BCUT2D eigenvalue weighted by molar-refractivity contribution is 5.93. The van der Waals surface area contributed by atoms with Gasteiger partial charge in [-0.3, -0.25) is 14.4 Å². The minimum atomic E-state index is -1.20. The molecule has 74 valence electrons. The molecule has 0 saturated heterocycles. The number of carbonyl (C=O) groups excluding carboxylic acids is 2. The summed E-state index contributed by atoms with van der Waals surface area (Å²) in [4.78, 5) is 31.2. The Balaban J connectivity index is 3.78. The molecule has 0 radical (unpaired) electrons. The predicted octanol–water partition coefficient (Wildman–Crippen LogP) is -1.16. The molecule has 0 spiro atoms. The number of hydrogen-bond acceptors (Lipinski definition) is 3. The summed E-state index contributed by atoms with van der Waals surface area (Å²) in [6, 6.07) is -0.427. The van der Waals surface area contributed by atoms with Gasteiger partial charge in [-0.25, -0.2) is 0 Å². The lowest BCUT2D eigenvalue weighted by Crippen LogP contribution is -2.36. The molecule has 0 aromatic carbocycles. The van der Waals surface area contributed by atoms with Gasteiger partial charge < -0.3 is 16.2 Å². The number of rotatable bonds is 5. The average molecular weight is 188 g/mol. The maximum absolute atomic E-state index is 10.8. The van der Waals surface area contributed by atoms with Crippen molar-refractivity contribution in [3.05, 3.63) is 0 Å². The van der Waals surface area contributed by atoms with E-state index in [0.29, 0.717) is 0 Å².